The van der Waals surface area contributed by atoms with Crippen LogP contribution in [0.3, 0.4) is 0 Å². The molecule has 0 unspecified atom stereocenters. The number of amides is 3. The van der Waals surface area contributed by atoms with Gasteiger partial charge >= 0.3 is 6.03 Å². The van der Waals surface area contributed by atoms with Gasteiger partial charge in [-0.15, -0.1) is 0 Å². The van der Waals surface area contributed by atoms with Crippen LogP contribution in [0.1, 0.15) is 5.56 Å². The average molecular weight is 297 g/mol. The maximum atomic E-state index is 11.9. The summed E-state index contributed by atoms with van der Waals surface area (Å²) in [5.41, 5.74) is 1.73. The molecule has 0 aromatic carbocycles. The Morgan fingerprint density at radius 3 is 2.82 bits per heavy atom. The molecule has 3 amide bonds. The lowest BCUT2D eigenvalue weighted by atomic mass is 10.2. The van der Waals surface area contributed by atoms with Gasteiger partial charge in [0.1, 0.15) is 12.4 Å². The molecule has 0 bridgehead atoms. The van der Waals surface area contributed by atoms with Gasteiger partial charge in [-0.05, 0) is 29.8 Å². The molecule has 1 aliphatic rings. The molecule has 0 saturated carbocycles. The number of pyridine rings is 2. The maximum Gasteiger partial charge on any atom is 0.327 e. The second-order valence-corrected chi connectivity index (χ2v) is 5.01. The van der Waals surface area contributed by atoms with E-state index in [9.17, 15) is 9.59 Å². The molecule has 3 heterocycles. The third kappa shape index (κ3) is 2.88. The minimum absolute atomic E-state index is 0.114. The van der Waals surface area contributed by atoms with Crippen LogP contribution in [0.2, 0.25) is 0 Å². The van der Waals surface area contributed by atoms with Gasteiger partial charge in [0.15, 0.2) is 0 Å². The summed E-state index contributed by atoms with van der Waals surface area (Å²) in [7, 11) is 1.49. The summed E-state index contributed by atoms with van der Waals surface area (Å²) < 4.78 is 0. The molecule has 1 N–H and O–H groups in total. The molecule has 1 saturated heterocycles. The number of nitrogens with one attached hydrogen (secondary N) is 1. The van der Waals surface area contributed by atoms with Crippen LogP contribution in [0.25, 0.3) is 0 Å². The van der Waals surface area contributed by atoms with Crippen molar-refractivity contribution in [2.24, 2.45) is 0 Å². The molecule has 112 valence electrons. The lowest BCUT2D eigenvalue weighted by Crippen LogP contribution is -2.29. The van der Waals surface area contributed by atoms with Crippen LogP contribution >= 0.6 is 0 Å². The van der Waals surface area contributed by atoms with Crippen molar-refractivity contribution >= 4 is 23.4 Å². The van der Waals surface area contributed by atoms with Crippen molar-refractivity contribution in [2.45, 2.75) is 6.54 Å². The number of likely N-dealkylation sites (N-methyl/N-ethyl adjacent to an activating group) is 1. The van der Waals surface area contributed by atoms with E-state index in [2.05, 4.69) is 15.3 Å². The van der Waals surface area contributed by atoms with Crippen LogP contribution in [-0.4, -0.2) is 45.3 Å². The quantitative estimate of drug-likeness (QED) is 0.867. The Kier molecular flexibility index (Phi) is 3.69. The van der Waals surface area contributed by atoms with Crippen LogP contribution in [0, 0.1) is 0 Å². The van der Waals surface area contributed by atoms with Crippen molar-refractivity contribution in [3.05, 3.63) is 48.4 Å². The normalized spacial score (nSPS) is 14.6. The van der Waals surface area contributed by atoms with Gasteiger partial charge < -0.3 is 10.2 Å². The van der Waals surface area contributed by atoms with Crippen LogP contribution in [0.5, 0.6) is 0 Å². The predicted octanol–water partition coefficient (Wildman–Crippen LogP) is 1.61. The lowest BCUT2D eigenvalue weighted by molar-refractivity contribution is -0.124. The van der Waals surface area contributed by atoms with Crippen molar-refractivity contribution in [2.75, 3.05) is 18.9 Å². The molecule has 1 aliphatic heterocycles. The Balaban J connectivity index is 1.72. The second kappa shape index (κ2) is 5.80. The standard InChI is InChI=1S/C15H15N5O2/c1-19-14(21)10-20(15(19)22)9-11-4-6-17-13(7-11)18-12-3-2-5-16-8-12/h2-8H,9-10H2,1H3,(H,17,18). The van der Waals surface area contributed by atoms with Gasteiger partial charge in [-0.25, -0.2) is 9.78 Å². The smallest absolute Gasteiger partial charge is 0.327 e. The van der Waals surface area contributed by atoms with Gasteiger partial charge in [0.25, 0.3) is 0 Å². The number of nitrogens with zero attached hydrogens (tertiary/aromatic N) is 4. The number of aromatic nitrogens is 2. The Hall–Kier alpha value is -2.96. The first-order valence-electron chi connectivity index (χ1n) is 6.81. The second-order valence-electron chi connectivity index (χ2n) is 5.01. The summed E-state index contributed by atoms with van der Waals surface area (Å²) in [5, 5.41) is 3.14. The highest BCUT2D eigenvalue weighted by atomic mass is 16.2. The molecule has 0 spiro atoms. The fourth-order valence-electron chi connectivity index (χ4n) is 2.23. The SMILES string of the molecule is CN1C(=O)CN(Cc2ccnc(Nc3cccnc3)c2)C1=O. The molecule has 7 nitrogen and oxygen atoms in total. The predicted molar refractivity (Wildman–Crippen MR) is 80.3 cm³/mol. The van der Waals surface area contributed by atoms with Crippen LogP contribution in [-0.2, 0) is 11.3 Å². The number of carbonyl (C=O) groups excluding carboxylic acids is 2. The molecule has 0 aliphatic carbocycles. The molecule has 0 radical (unpaired) electrons. The zero-order chi connectivity index (χ0) is 15.5. The number of anilines is 2. The van der Waals surface area contributed by atoms with E-state index in [1.54, 1.807) is 18.6 Å². The molecule has 7 heteroatoms. The highest BCUT2D eigenvalue weighted by molar-refractivity contribution is 6.01. The van der Waals surface area contributed by atoms with Gasteiger partial charge in [-0.2, -0.15) is 0 Å². The third-order valence-corrected chi connectivity index (χ3v) is 3.39. The molecule has 2 aromatic rings. The fraction of sp³-hybridized carbons (Fsp3) is 0.200. The van der Waals surface area contributed by atoms with Gasteiger partial charge in [-0.3, -0.25) is 14.7 Å². The van der Waals surface area contributed by atoms with E-state index in [0.29, 0.717) is 12.4 Å². The number of hydrogen-bond acceptors (Lipinski definition) is 5. The van der Waals surface area contributed by atoms with Crippen molar-refractivity contribution in [3.63, 3.8) is 0 Å². The number of imide groups is 1. The van der Waals surface area contributed by atoms with E-state index in [0.717, 1.165) is 16.2 Å². The first kappa shape index (κ1) is 14.0. The van der Waals surface area contributed by atoms with E-state index in [4.69, 9.17) is 0 Å². The van der Waals surface area contributed by atoms with E-state index >= 15 is 0 Å². The van der Waals surface area contributed by atoms with Gasteiger partial charge in [0.05, 0.1) is 11.9 Å². The monoisotopic (exact) mass is 297 g/mol. The molecular weight excluding hydrogens is 282 g/mol. The van der Waals surface area contributed by atoms with E-state index in [1.807, 2.05) is 24.3 Å². The topological polar surface area (TPSA) is 78.4 Å². The summed E-state index contributed by atoms with van der Waals surface area (Å²) >= 11 is 0. The first-order valence-corrected chi connectivity index (χ1v) is 6.81. The molecule has 3 rings (SSSR count). The molecular formula is C15H15N5O2. The Morgan fingerprint density at radius 1 is 1.27 bits per heavy atom. The third-order valence-electron chi connectivity index (χ3n) is 3.39. The van der Waals surface area contributed by atoms with Crippen molar-refractivity contribution in [1.29, 1.82) is 0 Å². The van der Waals surface area contributed by atoms with Crippen LogP contribution in [0.4, 0.5) is 16.3 Å². The molecule has 1 fully saturated rings. The van der Waals surface area contributed by atoms with E-state index in [1.165, 1.54) is 11.9 Å². The minimum atomic E-state index is -0.274. The highest BCUT2D eigenvalue weighted by Gasteiger charge is 2.32. The van der Waals surface area contributed by atoms with Gasteiger partial charge in [-0.1, -0.05) is 0 Å². The van der Waals surface area contributed by atoms with Crippen molar-refractivity contribution < 1.29 is 9.59 Å². The number of hydrogen-bond donors (Lipinski definition) is 1. The van der Waals surface area contributed by atoms with Crippen LogP contribution < -0.4 is 5.32 Å². The molecule has 22 heavy (non-hydrogen) atoms. The largest absolute Gasteiger partial charge is 0.339 e. The number of urea groups is 1. The van der Waals surface area contributed by atoms with Crippen molar-refractivity contribution in [1.82, 2.24) is 19.8 Å². The minimum Gasteiger partial charge on any atom is -0.339 e. The maximum absolute atomic E-state index is 11.9. The Bertz CT molecular complexity index is 704. The van der Waals surface area contributed by atoms with Crippen LogP contribution in [0.15, 0.2) is 42.9 Å². The summed E-state index contributed by atoms with van der Waals surface area (Å²) in [6.07, 6.45) is 5.06. The number of rotatable bonds is 4. The summed E-state index contributed by atoms with van der Waals surface area (Å²) in [4.78, 5) is 34.3. The lowest BCUT2D eigenvalue weighted by Gasteiger charge is -2.15. The Labute approximate surface area is 127 Å². The Morgan fingerprint density at radius 2 is 2.14 bits per heavy atom. The summed E-state index contributed by atoms with van der Waals surface area (Å²) in [6.45, 7) is 0.488. The summed E-state index contributed by atoms with van der Waals surface area (Å²) in [5.74, 6) is 0.476. The van der Waals surface area contributed by atoms with Crippen molar-refractivity contribution in [3.8, 4) is 0 Å². The first-order chi connectivity index (χ1) is 10.6. The van der Waals surface area contributed by atoms with Gasteiger partial charge in [0.2, 0.25) is 5.91 Å². The molecule has 0 atom stereocenters. The number of carbonyl (C=O) groups is 2. The van der Waals surface area contributed by atoms with E-state index in [-0.39, 0.29) is 18.5 Å². The molecule has 2 aromatic heterocycles. The zero-order valence-corrected chi connectivity index (χ0v) is 12.1. The van der Waals surface area contributed by atoms with Gasteiger partial charge in [0, 0.05) is 26.0 Å². The summed E-state index contributed by atoms with van der Waals surface area (Å²) in [6, 6.07) is 7.12. The fourth-order valence-corrected chi connectivity index (χ4v) is 2.23. The highest BCUT2D eigenvalue weighted by Crippen LogP contribution is 2.17. The van der Waals surface area contributed by atoms with E-state index < -0.39 is 0 Å². The zero-order valence-electron chi connectivity index (χ0n) is 12.1. The average Bonchev–Trinajstić information content (AvgIpc) is 2.76.